The zero-order valence-electron chi connectivity index (χ0n) is 12.4. The molecule has 0 radical (unpaired) electrons. The normalized spacial score (nSPS) is 18.3. The van der Waals surface area contributed by atoms with E-state index in [0.29, 0.717) is 12.5 Å². The number of thioether (sulfide) groups is 1. The van der Waals surface area contributed by atoms with Gasteiger partial charge in [-0.25, -0.2) is 4.39 Å². The minimum Gasteiger partial charge on any atom is -0.493 e. The van der Waals surface area contributed by atoms with Gasteiger partial charge in [-0.2, -0.15) is 0 Å². The van der Waals surface area contributed by atoms with E-state index in [1.54, 1.807) is 17.8 Å². The minimum atomic E-state index is -0.113. The van der Waals surface area contributed by atoms with Gasteiger partial charge in [0, 0.05) is 29.3 Å². The number of likely N-dealkylation sites (N-methyl/N-ethyl adjacent to an activating group) is 1. The predicted octanol–water partition coefficient (Wildman–Crippen LogP) is 4.34. The summed E-state index contributed by atoms with van der Waals surface area (Å²) in [6.07, 6.45) is 8.16. The molecule has 21 heavy (non-hydrogen) atoms. The summed E-state index contributed by atoms with van der Waals surface area (Å²) in [5.41, 5.74) is 1.85. The fourth-order valence-corrected chi connectivity index (χ4v) is 2.84. The Labute approximate surface area is 129 Å². The summed E-state index contributed by atoms with van der Waals surface area (Å²) in [4.78, 5) is 3.02. The number of nitrogens with zero attached hydrogens (tertiary/aromatic N) is 1. The highest BCUT2D eigenvalue weighted by Crippen LogP contribution is 2.35. The molecule has 0 unspecified atom stereocenters. The Morgan fingerprint density at radius 2 is 2.19 bits per heavy atom. The molecule has 0 bridgehead atoms. The second-order valence-corrected chi connectivity index (χ2v) is 6.59. The lowest BCUT2D eigenvalue weighted by Crippen LogP contribution is -2.17. The van der Waals surface area contributed by atoms with E-state index in [1.165, 1.54) is 12.8 Å². The smallest absolute Gasteiger partial charge is 0.127 e. The van der Waals surface area contributed by atoms with E-state index in [2.05, 4.69) is 12.1 Å². The van der Waals surface area contributed by atoms with Crippen molar-refractivity contribution in [3.05, 3.63) is 41.9 Å². The van der Waals surface area contributed by atoms with Crippen LogP contribution in [0.1, 0.15) is 18.4 Å². The lowest BCUT2D eigenvalue weighted by molar-refractivity contribution is 0.298. The molecule has 112 valence electrons. The maximum atomic E-state index is 13.7. The van der Waals surface area contributed by atoms with E-state index in [1.807, 2.05) is 30.5 Å². The molecule has 0 saturated heterocycles. The Balaban J connectivity index is 1.93. The van der Waals surface area contributed by atoms with Crippen LogP contribution in [0, 0.1) is 5.92 Å². The zero-order chi connectivity index (χ0) is 14.8. The number of halogens is 1. The van der Waals surface area contributed by atoms with Gasteiger partial charge in [0.1, 0.15) is 11.6 Å². The van der Waals surface area contributed by atoms with Crippen molar-refractivity contribution in [3.8, 4) is 5.75 Å². The van der Waals surface area contributed by atoms with Gasteiger partial charge in [0.2, 0.25) is 0 Å². The van der Waals surface area contributed by atoms with Crippen LogP contribution < -0.4 is 4.74 Å². The fraction of sp³-hybridized carbons (Fsp3) is 0.412. The summed E-state index contributed by atoms with van der Waals surface area (Å²) in [5.74, 6) is 1.44. The molecule has 0 spiro atoms. The zero-order valence-corrected chi connectivity index (χ0v) is 13.3. The van der Waals surface area contributed by atoms with Gasteiger partial charge in [0.05, 0.1) is 13.2 Å². The van der Waals surface area contributed by atoms with Gasteiger partial charge in [-0.1, -0.05) is 0 Å². The Morgan fingerprint density at radius 1 is 1.38 bits per heavy atom. The van der Waals surface area contributed by atoms with Gasteiger partial charge in [-0.05, 0) is 49.3 Å². The van der Waals surface area contributed by atoms with Crippen LogP contribution in [0.25, 0.3) is 5.57 Å². The highest BCUT2D eigenvalue weighted by molar-refractivity contribution is 7.98. The maximum Gasteiger partial charge on any atom is 0.127 e. The third-order valence-corrected chi connectivity index (χ3v) is 4.47. The summed E-state index contributed by atoms with van der Waals surface area (Å²) in [6.45, 7) is 1.10. The number of hydrogen-bond acceptors (Lipinski definition) is 3. The minimum absolute atomic E-state index is 0.113. The van der Waals surface area contributed by atoms with Gasteiger partial charge in [-0.3, -0.25) is 0 Å². The maximum absolute atomic E-state index is 13.7. The van der Waals surface area contributed by atoms with E-state index in [-0.39, 0.29) is 5.83 Å². The van der Waals surface area contributed by atoms with Gasteiger partial charge < -0.3 is 9.64 Å². The average molecular weight is 305 g/mol. The molecule has 1 saturated carbocycles. The topological polar surface area (TPSA) is 12.5 Å². The largest absolute Gasteiger partial charge is 0.493 e. The molecule has 1 aromatic rings. The summed E-state index contributed by atoms with van der Waals surface area (Å²) in [6, 6.07) is 6.15. The molecule has 3 rings (SSSR count). The molecule has 1 aliphatic carbocycles. The highest BCUT2D eigenvalue weighted by Gasteiger charge is 2.23. The van der Waals surface area contributed by atoms with Gasteiger partial charge in [0.25, 0.3) is 0 Å². The van der Waals surface area contributed by atoms with E-state index >= 15 is 0 Å². The second-order valence-electron chi connectivity index (χ2n) is 5.71. The van der Waals surface area contributed by atoms with Crippen molar-refractivity contribution in [2.75, 3.05) is 26.5 Å². The summed E-state index contributed by atoms with van der Waals surface area (Å²) < 4.78 is 19.7. The first-order valence-corrected chi connectivity index (χ1v) is 8.47. The lowest BCUT2D eigenvalue weighted by atomic mass is 10.0. The highest BCUT2D eigenvalue weighted by atomic mass is 32.2. The summed E-state index contributed by atoms with van der Waals surface area (Å²) in [5, 5.41) is 0. The van der Waals surface area contributed by atoms with Crippen LogP contribution in [0.4, 0.5) is 4.39 Å². The van der Waals surface area contributed by atoms with Gasteiger partial charge in [0.15, 0.2) is 0 Å². The van der Waals surface area contributed by atoms with Crippen LogP contribution in [0.15, 0.2) is 41.2 Å². The Kier molecular flexibility index (Phi) is 4.24. The molecule has 1 heterocycles. The first-order valence-electron chi connectivity index (χ1n) is 7.25. The number of ether oxygens (including phenoxy) is 1. The first-order chi connectivity index (χ1) is 10.2. The third-order valence-electron chi connectivity index (χ3n) is 3.74. The fourth-order valence-electron chi connectivity index (χ4n) is 2.40. The van der Waals surface area contributed by atoms with Crippen molar-refractivity contribution < 1.29 is 9.13 Å². The first kappa shape index (κ1) is 14.5. The molecule has 1 aromatic carbocycles. The average Bonchev–Trinajstić information content (AvgIpc) is 3.28. The van der Waals surface area contributed by atoms with Crippen LogP contribution in [-0.2, 0) is 0 Å². The Morgan fingerprint density at radius 3 is 2.86 bits per heavy atom. The van der Waals surface area contributed by atoms with Crippen LogP contribution in [0.5, 0.6) is 5.75 Å². The summed E-state index contributed by atoms with van der Waals surface area (Å²) >= 11 is 1.68. The molecule has 0 atom stereocenters. The van der Waals surface area contributed by atoms with E-state index in [0.717, 1.165) is 28.4 Å². The standard InChI is InChI=1S/C17H20FNOS/c1-19-9-13(7-14(18)10-19)16-8-15(21-2)5-6-17(16)20-11-12-3-4-12/h5-9,12H,3-4,10-11H2,1-2H3. The van der Waals surface area contributed by atoms with Gasteiger partial charge in [-0.15, -0.1) is 11.8 Å². The van der Waals surface area contributed by atoms with Crippen molar-refractivity contribution in [2.24, 2.45) is 5.92 Å². The molecule has 2 aliphatic rings. The molecular formula is C17H20FNOS. The quantitative estimate of drug-likeness (QED) is 0.751. The summed E-state index contributed by atoms with van der Waals surface area (Å²) in [7, 11) is 1.88. The van der Waals surface area contributed by atoms with Crippen molar-refractivity contribution in [3.63, 3.8) is 0 Å². The number of benzene rings is 1. The molecule has 2 nitrogen and oxygen atoms in total. The van der Waals surface area contributed by atoms with E-state index in [9.17, 15) is 4.39 Å². The molecule has 0 N–H and O–H groups in total. The number of rotatable bonds is 5. The SMILES string of the molecule is CSc1ccc(OCC2CC2)c(C2=CN(C)CC(F)=C2)c1. The number of hydrogen-bond donors (Lipinski definition) is 0. The van der Waals surface area contributed by atoms with Crippen LogP contribution in [0.3, 0.4) is 0 Å². The number of allylic oxidation sites excluding steroid dienone is 2. The van der Waals surface area contributed by atoms with Crippen molar-refractivity contribution >= 4 is 17.3 Å². The predicted molar refractivity (Wildman–Crippen MR) is 86.2 cm³/mol. The van der Waals surface area contributed by atoms with Gasteiger partial charge >= 0.3 is 0 Å². The van der Waals surface area contributed by atoms with E-state index < -0.39 is 0 Å². The molecule has 0 aromatic heterocycles. The molecular weight excluding hydrogens is 285 g/mol. The Bertz CT molecular complexity index is 592. The second kappa shape index (κ2) is 6.14. The van der Waals surface area contributed by atoms with Crippen LogP contribution >= 0.6 is 11.8 Å². The van der Waals surface area contributed by atoms with Crippen molar-refractivity contribution in [2.45, 2.75) is 17.7 Å². The molecule has 1 fully saturated rings. The Hall–Kier alpha value is -1.42. The third kappa shape index (κ3) is 3.62. The van der Waals surface area contributed by atoms with Crippen LogP contribution in [-0.4, -0.2) is 31.4 Å². The molecule has 1 aliphatic heterocycles. The van der Waals surface area contributed by atoms with Crippen molar-refractivity contribution in [1.82, 2.24) is 4.90 Å². The van der Waals surface area contributed by atoms with E-state index in [4.69, 9.17) is 4.74 Å². The van der Waals surface area contributed by atoms with Crippen molar-refractivity contribution in [1.29, 1.82) is 0 Å². The molecule has 0 amide bonds. The van der Waals surface area contributed by atoms with Crippen LogP contribution in [0.2, 0.25) is 0 Å². The monoisotopic (exact) mass is 305 g/mol. The lowest BCUT2D eigenvalue weighted by Gasteiger charge is -2.21. The molecule has 4 heteroatoms.